The first-order valence-corrected chi connectivity index (χ1v) is 5.86. The minimum atomic E-state index is 0.640. The second-order valence-corrected chi connectivity index (χ2v) is 4.55. The van der Waals surface area contributed by atoms with Crippen LogP contribution in [0.3, 0.4) is 0 Å². The topological polar surface area (TPSA) is 41.3 Å². The summed E-state index contributed by atoms with van der Waals surface area (Å²) in [5.74, 6) is 6.16. The molecule has 4 heteroatoms. The van der Waals surface area contributed by atoms with E-state index >= 15 is 0 Å². The maximum Gasteiger partial charge on any atom is 0.182 e. The molecule has 0 saturated heterocycles. The Kier molecular flexibility index (Phi) is 5.19. The average Bonchev–Trinajstić information content (AvgIpc) is 2.26. The summed E-state index contributed by atoms with van der Waals surface area (Å²) < 4.78 is 0. The molecular formula is C10H21N3S. The van der Waals surface area contributed by atoms with Crippen molar-refractivity contribution in [1.29, 1.82) is 0 Å². The lowest BCUT2D eigenvalue weighted by Crippen LogP contribution is -2.41. The maximum atomic E-state index is 5.25. The van der Waals surface area contributed by atoms with E-state index in [0.29, 0.717) is 5.11 Å². The fraction of sp³-hybridized carbons (Fsp3) is 0.900. The molecule has 0 atom stereocenters. The second kappa shape index (κ2) is 6.19. The van der Waals surface area contributed by atoms with Crippen LogP contribution >= 0.6 is 12.2 Å². The van der Waals surface area contributed by atoms with Crippen LogP contribution < -0.4 is 11.3 Å². The molecule has 0 aromatic rings. The zero-order valence-corrected chi connectivity index (χ0v) is 9.78. The maximum absolute atomic E-state index is 5.25. The first-order valence-electron chi connectivity index (χ1n) is 5.45. The van der Waals surface area contributed by atoms with Gasteiger partial charge in [-0.25, -0.2) is 5.84 Å². The van der Waals surface area contributed by atoms with Gasteiger partial charge in [0.1, 0.15) is 0 Å². The quantitative estimate of drug-likeness (QED) is 0.426. The predicted octanol–water partition coefficient (Wildman–Crippen LogP) is 1.64. The Labute approximate surface area is 92.0 Å². The van der Waals surface area contributed by atoms with E-state index in [2.05, 4.69) is 5.43 Å². The smallest absolute Gasteiger partial charge is 0.182 e. The molecule has 0 aliphatic heterocycles. The lowest BCUT2D eigenvalue weighted by Gasteiger charge is -2.25. The van der Waals surface area contributed by atoms with E-state index in [1.807, 2.05) is 11.9 Å². The minimum Gasteiger partial charge on any atom is -0.351 e. The molecule has 14 heavy (non-hydrogen) atoms. The van der Waals surface area contributed by atoms with Crippen LogP contribution in [0.5, 0.6) is 0 Å². The third-order valence-electron chi connectivity index (χ3n) is 3.07. The van der Waals surface area contributed by atoms with Gasteiger partial charge in [0.2, 0.25) is 0 Å². The molecule has 3 nitrogen and oxygen atoms in total. The first-order chi connectivity index (χ1) is 6.74. The molecule has 0 aromatic carbocycles. The van der Waals surface area contributed by atoms with Crippen LogP contribution in [0.4, 0.5) is 0 Å². The van der Waals surface area contributed by atoms with Crippen molar-refractivity contribution in [1.82, 2.24) is 10.3 Å². The van der Waals surface area contributed by atoms with Gasteiger partial charge in [0, 0.05) is 13.6 Å². The number of nitrogens with zero attached hydrogens (tertiary/aromatic N) is 1. The second-order valence-electron chi connectivity index (χ2n) is 4.16. The van der Waals surface area contributed by atoms with Crippen LogP contribution in [0.15, 0.2) is 0 Å². The highest BCUT2D eigenvalue weighted by molar-refractivity contribution is 7.80. The Balaban J connectivity index is 2.15. The first kappa shape index (κ1) is 11.7. The van der Waals surface area contributed by atoms with Crippen molar-refractivity contribution in [2.75, 3.05) is 13.6 Å². The van der Waals surface area contributed by atoms with Gasteiger partial charge in [0.15, 0.2) is 5.11 Å². The van der Waals surface area contributed by atoms with Gasteiger partial charge in [-0.05, 0) is 24.6 Å². The van der Waals surface area contributed by atoms with Gasteiger partial charge in [-0.15, -0.1) is 0 Å². The Hall–Kier alpha value is -0.350. The molecule has 1 fully saturated rings. The lowest BCUT2D eigenvalue weighted by molar-refractivity contribution is 0.311. The summed E-state index contributed by atoms with van der Waals surface area (Å²) in [6.45, 7) is 1.02. The fourth-order valence-electron chi connectivity index (χ4n) is 2.06. The molecule has 0 bridgehead atoms. The number of nitrogens with two attached hydrogens (primary N) is 1. The summed E-state index contributed by atoms with van der Waals surface area (Å²) in [4.78, 5) is 2.02. The summed E-state index contributed by atoms with van der Waals surface area (Å²) in [6.07, 6.45) is 8.29. The van der Waals surface area contributed by atoms with Gasteiger partial charge in [0.25, 0.3) is 0 Å². The lowest BCUT2D eigenvalue weighted by atomic mass is 9.87. The van der Waals surface area contributed by atoms with E-state index in [9.17, 15) is 0 Å². The van der Waals surface area contributed by atoms with Crippen LogP contribution in [0.1, 0.15) is 38.5 Å². The molecule has 0 unspecified atom stereocenters. The van der Waals surface area contributed by atoms with Gasteiger partial charge in [-0.1, -0.05) is 32.1 Å². The zero-order valence-electron chi connectivity index (χ0n) is 8.96. The number of nitrogens with one attached hydrogen (secondary N) is 1. The predicted molar refractivity (Wildman–Crippen MR) is 63.7 cm³/mol. The van der Waals surface area contributed by atoms with Gasteiger partial charge in [-0.3, -0.25) is 0 Å². The summed E-state index contributed by atoms with van der Waals surface area (Å²) in [5, 5.41) is 0.640. The molecule has 1 saturated carbocycles. The Morgan fingerprint density at radius 2 is 2.07 bits per heavy atom. The number of rotatable bonds is 3. The summed E-state index contributed by atoms with van der Waals surface area (Å²) >= 11 is 5.03. The molecule has 1 rings (SSSR count). The minimum absolute atomic E-state index is 0.640. The van der Waals surface area contributed by atoms with Crippen molar-refractivity contribution >= 4 is 17.3 Å². The molecule has 3 N–H and O–H groups in total. The molecular weight excluding hydrogens is 194 g/mol. The molecule has 1 aliphatic carbocycles. The molecule has 82 valence electrons. The van der Waals surface area contributed by atoms with E-state index in [-0.39, 0.29) is 0 Å². The van der Waals surface area contributed by atoms with Crippen molar-refractivity contribution in [3.63, 3.8) is 0 Å². The van der Waals surface area contributed by atoms with Crippen LogP contribution in [0.25, 0.3) is 0 Å². The van der Waals surface area contributed by atoms with Gasteiger partial charge in [0.05, 0.1) is 0 Å². The zero-order chi connectivity index (χ0) is 10.4. The standard InChI is InChI=1S/C10H21N3S/c1-13(10(14)12-11)8-7-9-5-3-2-4-6-9/h9H,2-8,11H2,1H3,(H,12,14). The highest BCUT2D eigenvalue weighted by Crippen LogP contribution is 2.26. The third kappa shape index (κ3) is 3.80. The van der Waals surface area contributed by atoms with Crippen LogP contribution in [0, 0.1) is 5.92 Å². The molecule has 0 radical (unpaired) electrons. The molecule has 1 aliphatic rings. The van der Waals surface area contributed by atoms with Crippen molar-refractivity contribution in [2.24, 2.45) is 11.8 Å². The highest BCUT2D eigenvalue weighted by Gasteiger charge is 2.14. The Bertz CT molecular complexity index is 178. The van der Waals surface area contributed by atoms with E-state index in [0.717, 1.165) is 12.5 Å². The number of thiocarbonyl (C=S) groups is 1. The normalized spacial score (nSPS) is 17.9. The van der Waals surface area contributed by atoms with E-state index in [1.54, 1.807) is 0 Å². The molecule has 0 aromatic heterocycles. The van der Waals surface area contributed by atoms with Crippen LogP contribution in [-0.4, -0.2) is 23.6 Å². The average molecular weight is 215 g/mol. The van der Waals surface area contributed by atoms with Gasteiger partial charge >= 0.3 is 0 Å². The Morgan fingerprint density at radius 1 is 1.43 bits per heavy atom. The SMILES string of the molecule is CN(CCC1CCCCC1)C(=S)NN. The van der Waals surface area contributed by atoms with Gasteiger partial charge in [-0.2, -0.15) is 0 Å². The summed E-state index contributed by atoms with van der Waals surface area (Å²) in [7, 11) is 1.99. The summed E-state index contributed by atoms with van der Waals surface area (Å²) in [5.41, 5.74) is 2.51. The Morgan fingerprint density at radius 3 is 2.64 bits per heavy atom. The van der Waals surface area contributed by atoms with Gasteiger partial charge < -0.3 is 10.3 Å². The molecule has 0 spiro atoms. The number of hydrogen-bond donors (Lipinski definition) is 2. The fourth-order valence-corrected chi connectivity index (χ4v) is 2.16. The van der Waals surface area contributed by atoms with Crippen LogP contribution in [0.2, 0.25) is 0 Å². The van der Waals surface area contributed by atoms with Crippen molar-refractivity contribution < 1.29 is 0 Å². The molecule has 0 heterocycles. The third-order valence-corrected chi connectivity index (χ3v) is 3.50. The number of hydrogen-bond acceptors (Lipinski definition) is 2. The van der Waals surface area contributed by atoms with E-state index in [1.165, 1.54) is 38.5 Å². The highest BCUT2D eigenvalue weighted by atomic mass is 32.1. The monoisotopic (exact) mass is 215 g/mol. The molecule has 0 amide bonds. The van der Waals surface area contributed by atoms with Crippen molar-refractivity contribution in [2.45, 2.75) is 38.5 Å². The van der Waals surface area contributed by atoms with Crippen molar-refractivity contribution in [3.8, 4) is 0 Å². The summed E-state index contributed by atoms with van der Waals surface area (Å²) in [6, 6.07) is 0. The van der Waals surface area contributed by atoms with Crippen molar-refractivity contribution in [3.05, 3.63) is 0 Å². The van der Waals surface area contributed by atoms with E-state index in [4.69, 9.17) is 18.1 Å². The largest absolute Gasteiger partial charge is 0.351 e. The van der Waals surface area contributed by atoms with Crippen LogP contribution in [-0.2, 0) is 0 Å². The van der Waals surface area contributed by atoms with E-state index < -0.39 is 0 Å². The number of hydrazine groups is 1.